The number of nitrogens with two attached hydrogens (primary N) is 1. The fraction of sp³-hybridized carbons (Fsp3) is 0.200. The summed E-state index contributed by atoms with van der Waals surface area (Å²) in [6, 6.07) is 7.54. The van der Waals surface area contributed by atoms with Crippen LogP contribution in [0.3, 0.4) is 0 Å². The van der Waals surface area contributed by atoms with Crippen LogP contribution < -0.4 is 11.1 Å². The maximum absolute atomic E-state index is 5.76. The van der Waals surface area contributed by atoms with Gasteiger partial charge in [-0.3, -0.25) is 0 Å². The molecule has 2 aromatic rings. The van der Waals surface area contributed by atoms with Gasteiger partial charge in [-0.2, -0.15) is 4.98 Å². The van der Waals surface area contributed by atoms with E-state index in [0.29, 0.717) is 23.9 Å². The van der Waals surface area contributed by atoms with Crippen molar-refractivity contribution < 1.29 is 4.52 Å². The lowest BCUT2D eigenvalue weighted by molar-refractivity contribution is 0.379. The average molecular weight is 204 g/mol. The predicted molar refractivity (Wildman–Crippen MR) is 57.2 cm³/mol. The molecule has 3 N–H and O–H groups in total. The number of benzene rings is 1. The zero-order chi connectivity index (χ0) is 10.7. The lowest BCUT2D eigenvalue weighted by Gasteiger charge is -2.05. The lowest BCUT2D eigenvalue weighted by Crippen LogP contribution is -2.02. The molecule has 15 heavy (non-hydrogen) atoms. The Bertz CT molecular complexity index is 452. The maximum Gasteiger partial charge on any atom is 0.245 e. The quantitative estimate of drug-likeness (QED) is 0.742. The molecule has 0 bridgehead atoms. The molecule has 0 radical (unpaired) electrons. The van der Waals surface area contributed by atoms with Gasteiger partial charge in [0.15, 0.2) is 5.82 Å². The third-order valence-electron chi connectivity index (χ3n) is 1.96. The minimum Gasteiger partial charge on any atom is -0.397 e. The molecule has 5 nitrogen and oxygen atoms in total. The van der Waals surface area contributed by atoms with Crippen molar-refractivity contribution in [1.29, 1.82) is 0 Å². The topological polar surface area (TPSA) is 77.0 Å². The highest BCUT2D eigenvalue weighted by Crippen LogP contribution is 2.17. The number of aromatic nitrogens is 2. The van der Waals surface area contributed by atoms with E-state index in [1.165, 1.54) is 0 Å². The molecular formula is C10H12N4O. The van der Waals surface area contributed by atoms with Gasteiger partial charge >= 0.3 is 0 Å². The molecule has 0 spiro atoms. The van der Waals surface area contributed by atoms with Gasteiger partial charge in [0.2, 0.25) is 5.89 Å². The third-order valence-corrected chi connectivity index (χ3v) is 1.96. The first kappa shape index (κ1) is 9.51. The van der Waals surface area contributed by atoms with Crippen molar-refractivity contribution in [2.75, 3.05) is 11.1 Å². The van der Waals surface area contributed by atoms with Gasteiger partial charge in [-0.1, -0.05) is 17.3 Å². The molecule has 0 saturated heterocycles. The van der Waals surface area contributed by atoms with Crippen LogP contribution in [-0.2, 0) is 6.54 Å². The molecule has 0 fully saturated rings. The van der Waals surface area contributed by atoms with Gasteiger partial charge in [-0.15, -0.1) is 0 Å². The standard InChI is InChI=1S/C10H12N4O/c1-7-13-10(15-14-7)6-12-9-5-3-2-4-8(9)11/h2-5,12H,6,11H2,1H3. The minimum atomic E-state index is 0.481. The second kappa shape index (κ2) is 4.00. The molecule has 1 aromatic heterocycles. The van der Waals surface area contributed by atoms with E-state index in [1.54, 1.807) is 6.92 Å². The summed E-state index contributed by atoms with van der Waals surface area (Å²) in [4.78, 5) is 4.07. The number of hydrogen-bond donors (Lipinski definition) is 2. The van der Waals surface area contributed by atoms with Gasteiger partial charge in [-0.25, -0.2) is 0 Å². The zero-order valence-corrected chi connectivity index (χ0v) is 8.40. The van der Waals surface area contributed by atoms with E-state index < -0.39 is 0 Å². The molecule has 0 amide bonds. The summed E-state index contributed by atoms with van der Waals surface area (Å²) in [6.45, 7) is 2.26. The number of para-hydroxylation sites is 2. The molecule has 0 aliphatic rings. The van der Waals surface area contributed by atoms with Gasteiger partial charge in [0.25, 0.3) is 0 Å². The van der Waals surface area contributed by atoms with E-state index >= 15 is 0 Å². The molecule has 1 heterocycles. The Morgan fingerprint density at radius 1 is 1.40 bits per heavy atom. The fourth-order valence-electron chi connectivity index (χ4n) is 1.24. The number of nitrogen functional groups attached to an aromatic ring is 1. The molecule has 78 valence electrons. The van der Waals surface area contributed by atoms with Gasteiger partial charge in [0.05, 0.1) is 17.9 Å². The molecule has 1 aromatic carbocycles. The molecule has 0 aliphatic carbocycles. The van der Waals surface area contributed by atoms with Crippen LogP contribution in [0, 0.1) is 6.92 Å². The SMILES string of the molecule is Cc1noc(CNc2ccccc2N)n1. The van der Waals surface area contributed by atoms with Crippen LogP contribution in [-0.4, -0.2) is 10.1 Å². The average Bonchev–Trinajstić information content (AvgIpc) is 2.63. The molecule has 0 aliphatic heterocycles. The first-order chi connectivity index (χ1) is 7.25. The minimum absolute atomic E-state index is 0.481. The van der Waals surface area contributed by atoms with Crippen LogP contribution in [0.5, 0.6) is 0 Å². The number of rotatable bonds is 3. The second-order valence-electron chi connectivity index (χ2n) is 3.18. The predicted octanol–water partition coefficient (Wildman–Crippen LogP) is 1.57. The highest BCUT2D eigenvalue weighted by Gasteiger charge is 2.02. The number of hydrogen-bond acceptors (Lipinski definition) is 5. The van der Waals surface area contributed by atoms with Crippen molar-refractivity contribution in [3.63, 3.8) is 0 Å². The molecular weight excluding hydrogens is 192 g/mol. The lowest BCUT2D eigenvalue weighted by atomic mass is 10.3. The summed E-state index contributed by atoms with van der Waals surface area (Å²) in [5, 5.41) is 6.82. The Hall–Kier alpha value is -2.04. The van der Waals surface area contributed by atoms with Gasteiger partial charge in [0, 0.05) is 0 Å². The third kappa shape index (κ3) is 2.25. The summed E-state index contributed by atoms with van der Waals surface area (Å²) in [7, 11) is 0. The van der Waals surface area contributed by atoms with Gasteiger partial charge in [0.1, 0.15) is 0 Å². The zero-order valence-electron chi connectivity index (χ0n) is 8.40. The normalized spacial score (nSPS) is 10.2. The summed E-state index contributed by atoms with van der Waals surface area (Å²) in [5.41, 5.74) is 7.33. The van der Waals surface area contributed by atoms with Crippen LogP contribution in [0.15, 0.2) is 28.8 Å². The Kier molecular flexibility index (Phi) is 2.53. The number of anilines is 2. The first-order valence-electron chi connectivity index (χ1n) is 4.63. The number of nitrogens with one attached hydrogen (secondary N) is 1. The van der Waals surface area contributed by atoms with E-state index in [0.717, 1.165) is 5.69 Å². The molecule has 0 saturated carbocycles. The summed E-state index contributed by atoms with van der Waals surface area (Å²) in [6.07, 6.45) is 0. The highest BCUT2D eigenvalue weighted by molar-refractivity contribution is 5.65. The Labute approximate surface area is 87.3 Å². The summed E-state index contributed by atoms with van der Waals surface area (Å²) >= 11 is 0. The molecule has 2 rings (SSSR count). The van der Waals surface area contributed by atoms with E-state index in [-0.39, 0.29) is 0 Å². The maximum atomic E-state index is 5.76. The van der Waals surface area contributed by atoms with Crippen molar-refractivity contribution in [2.24, 2.45) is 0 Å². The smallest absolute Gasteiger partial charge is 0.245 e. The fourth-order valence-corrected chi connectivity index (χ4v) is 1.24. The van der Waals surface area contributed by atoms with E-state index in [2.05, 4.69) is 15.5 Å². The van der Waals surface area contributed by atoms with E-state index in [4.69, 9.17) is 10.3 Å². The molecule has 5 heteroatoms. The van der Waals surface area contributed by atoms with Crippen molar-refractivity contribution in [2.45, 2.75) is 13.5 Å². The Balaban J connectivity index is 2.02. The highest BCUT2D eigenvalue weighted by atomic mass is 16.5. The summed E-state index contributed by atoms with van der Waals surface area (Å²) in [5.74, 6) is 1.18. The van der Waals surface area contributed by atoms with Crippen molar-refractivity contribution in [3.05, 3.63) is 36.0 Å². The number of nitrogens with zero attached hydrogens (tertiary/aromatic N) is 2. The second-order valence-corrected chi connectivity index (χ2v) is 3.18. The van der Waals surface area contributed by atoms with Crippen LogP contribution >= 0.6 is 0 Å². The van der Waals surface area contributed by atoms with Crippen molar-refractivity contribution in [3.8, 4) is 0 Å². The number of aryl methyl sites for hydroxylation is 1. The summed E-state index contributed by atoms with van der Waals surface area (Å²) < 4.78 is 4.96. The first-order valence-corrected chi connectivity index (χ1v) is 4.63. The van der Waals surface area contributed by atoms with Crippen LogP contribution in [0.1, 0.15) is 11.7 Å². The molecule has 0 unspecified atom stereocenters. The van der Waals surface area contributed by atoms with Gasteiger partial charge < -0.3 is 15.6 Å². The Morgan fingerprint density at radius 2 is 2.20 bits per heavy atom. The van der Waals surface area contributed by atoms with Crippen LogP contribution in [0.2, 0.25) is 0 Å². The van der Waals surface area contributed by atoms with Crippen molar-refractivity contribution in [1.82, 2.24) is 10.1 Å². The van der Waals surface area contributed by atoms with E-state index in [9.17, 15) is 0 Å². The van der Waals surface area contributed by atoms with E-state index in [1.807, 2.05) is 24.3 Å². The largest absolute Gasteiger partial charge is 0.397 e. The monoisotopic (exact) mass is 204 g/mol. The van der Waals surface area contributed by atoms with Gasteiger partial charge in [-0.05, 0) is 19.1 Å². The van der Waals surface area contributed by atoms with Crippen LogP contribution in [0.25, 0.3) is 0 Å². The molecule has 0 atom stereocenters. The van der Waals surface area contributed by atoms with Crippen LogP contribution in [0.4, 0.5) is 11.4 Å². The Morgan fingerprint density at radius 3 is 2.87 bits per heavy atom. The van der Waals surface area contributed by atoms with Crippen molar-refractivity contribution >= 4 is 11.4 Å².